The van der Waals surface area contributed by atoms with E-state index in [-0.39, 0.29) is 0 Å². The average Bonchev–Trinajstić information content (AvgIpc) is 3.36. The first-order valence-corrected chi connectivity index (χ1v) is 14.4. The van der Waals surface area contributed by atoms with E-state index in [1.54, 1.807) is 11.3 Å². The lowest BCUT2D eigenvalue weighted by Gasteiger charge is -2.23. The van der Waals surface area contributed by atoms with E-state index in [9.17, 15) is 9.90 Å². The Balaban J connectivity index is 1.28. The fourth-order valence-electron chi connectivity index (χ4n) is 4.65. The highest BCUT2D eigenvalue weighted by molar-refractivity contribution is 7.09. The molecular formula is C33H39N3O2S. The number of aromatic nitrogens is 1. The summed E-state index contributed by atoms with van der Waals surface area (Å²) in [6, 6.07) is 26.5. The number of aliphatic carboxylic acids is 1. The molecule has 1 atom stereocenters. The molecule has 0 saturated heterocycles. The van der Waals surface area contributed by atoms with Crippen LogP contribution in [0.1, 0.15) is 42.5 Å². The summed E-state index contributed by atoms with van der Waals surface area (Å²) in [7, 11) is 1.85. The number of likely N-dealkylation sites (N-methyl/N-ethyl adjacent to an activating group) is 1. The first kappa shape index (κ1) is 28.5. The first-order chi connectivity index (χ1) is 18.7. The van der Waals surface area contributed by atoms with Crippen LogP contribution in [0.25, 0.3) is 11.3 Å². The predicted molar refractivity (Wildman–Crippen MR) is 162 cm³/mol. The topological polar surface area (TPSA) is 65.5 Å². The Hall–Kier alpha value is -3.48. The number of anilines is 1. The molecule has 0 amide bonds. The van der Waals surface area contributed by atoms with Crippen molar-refractivity contribution >= 4 is 23.0 Å². The third-order valence-electron chi connectivity index (χ3n) is 6.71. The largest absolute Gasteiger partial charge is 0.480 e. The molecule has 0 spiro atoms. The van der Waals surface area contributed by atoms with E-state index in [1.165, 1.54) is 11.1 Å². The maximum atomic E-state index is 11.9. The van der Waals surface area contributed by atoms with E-state index in [2.05, 4.69) is 74.6 Å². The second-order valence-electron chi connectivity index (χ2n) is 11.4. The molecule has 0 fully saturated rings. The Bertz CT molecular complexity index is 1330. The van der Waals surface area contributed by atoms with Crippen molar-refractivity contribution in [1.82, 2.24) is 9.88 Å². The molecular weight excluding hydrogens is 502 g/mol. The van der Waals surface area contributed by atoms with Crippen LogP contribution >= 0.6 is 11.3 Å². The zero-order chi connectivity index (χ0) is 27.8. The second-order valence-corrected chi connectivity index (χ2v) is 12.3. The molecule has 0 bridgehead atoms. The Labute approximate surface area is 236 Å². The Morgan fingerprint density at radius 1 is 0.949 bits per heavy atom. The lowest BCUT2D eigenvalue weighted by Crippen LogP contribution is -2.39. The van der Waals surface area contributed by atoms with Gasteiger partial charge in [0.1, 0.15) is 11.0 Å². The number of nitrogens with one attached hydrogen (secondary N) is 1. The van der Waals surface area contributed by atoms with E-state index in [0.717, 1.165) is 46.9 Å². The Morgan fingerprint density at radius 3 is 2.26 bits per heavy atom. The summed E-state index contributed by atoms with van der Waals surface area (Å²) in [6.45, 7) is 8.18. The molecule has 39 heavy (non-hydrogen) atoms. The number of carboxylic acids is 1. The van der Waals surface area contributed by atoms with Crippen LogP contribution in [0.4, 0.5) is 5.69 Å². The molecule has 4 rings (SSSR count). The minimum Gasteiger partial charge on any atom is -0.480 e. The van der Waals surface area contributed by atoms with Crippen molar-refractivity contribution in [3.8, 4) is 11.3 Å². The van der Waals surface area contributed by atoms with Gasteiger partial charge in [0.25, 0.3) is 0 Å². The minimum absolute atomic E-state index is 0.303. The molecule has 204 valence electrons. The normalized spacial score (nSPS) is 12.4. The van der Waals surface area contributed by atoms with Crippen molar-refractivity contribution in [2.75, 3.05) is 18.9 Å². The van der Waals surface area contributed by atoms with Crippen LogP contribution in [0.2, 0.25) is 0 Å². The number of carboxylic acid groups (broad SMARTS) is 1. The summed E-state index contributed by atoms with van der Waals surface area (Å²) in [5, 5.41) is 16.3. The summed E-state index contributed by atoms with van der Waals surface area (Å²) in [6.07, 6.45) is 2.52. The summed E-state index contributed by atoms with van der Waals surface area (Å²) in [5.74, 6) is -0.821. The lowest BCUT2D eigenvalue weighted by molar-refractivity contribution is -0.142. The van der Waals surface area contributed by atoms with Crippen LogP contribution in [-0.4, -0.2) is 40.6 Å². The monoisotopic (exact) mass is 541 g/mol. The number of nitrogens with zero attached hydrogens (tertiary/aromatic N) is 2. The van der Waals surface area contributed by atoms with Gasteiger partial charge in [-0.15, -0.1) is 11.3 Å². The fraction of sp³-hybridized carbons (Fsp3) is 0.333. The van der Waals surface area contributed by atoms with E-state index in [4.69, 9.17) is 4.98 Å². The number of carbonyl (C=O) groups is 1. The van der Waals surface area contributed by atoms with Gasteiger partial charge in [0, 0.05) is 23.2 Å². The van der Waals surface area contributed by atoms with Gasteiger partial charge >= 0.3 is 5.97 Å². The summed E-state index contributed by atoms with van der Waals surface area (Å²) in [4.78, 5) is 18.6. The number of hydrogen-bond acceptors (Lipinski definition) is 5. The maximum absolute atomic E-state index is 11.9. The van der Waals surface area contributed by atoms with Crippen molar-refractivity contribution in [2.24, 2.45) is 5.41 Å². The van der Waals surface area contributed by atoms with E-state index in [1.807, 2.05) is 47.7 Å². The van der Waals surface area contributed by atoms with Gasteiger partial charge in [0.05, 0.1) is 12.2 Å². The highest BCUT2D eigenvalue weighted by Crippen LogP contribution is 2.25. The van der Waals surface area contributed by atoms with Crippen LogP contribution in [-0.2, 0) is 30.6 Å². The molecule has 0 saturated carbocycles. The molecule has 5 nitrogen and oxygen atoms in total. The molecule has 2 N–H and O–H groups in total. The molecule has 1 heterocycles. The zero-order valence-corrected chi connectivity index (χ0v) is 24.2. The van der Waals surface area contributed by atoms with Gasteiger partial charge < -0.3 is 10.4 Å². The molecule has 0 aliphatic rings. The molecule has 6 heteroatoms. The minimum atomic E-state index is -0.821. The number of thiazole rings is 1. The molecule has 1 aromatic heterocycles. The number of rotatable bonds is 12. The maximum Gasteiger partial charge on any atom is 0.321 e. The van der Waals surface area contributed by atoms with Gasteiger partial charge in [0.2, 0.25) is 0 Å². The van der Waals surface area contributed by atoms with E-state index >= 15 is 0 Å². The Morgan fingerprint density at radius 2 is 1.62 bits per heavy atom. The molecule has 4 aromatic rings. The van der Waals surface area contributed by atoms with E-state index < -0.39 is 12.0 Å². The van der Waals surface area contributed by atoms with Crippen molar-refractivity contribution in [3.63, 3.8) is 0 Å². The highest BCUT2D eigenvalue weighted by atomic mass is 32.1. The van der Waals surface area contributed by atoms with Crippen molar-refractivity contribution < 1.29 is 9.90 Å². The summed E-state index contributed by atoms with van der Waals surface area (Å²) < 4.78 is 0. The zero-order valence-electron chi connectivity index (χ0n) is 23.4. The fourth-order valence-corrected chi connectivity index (χ4v) is 5.52. The number of benzene rings is 3. The van der Waals surface area contributed by atoms with Gasteiger partial charge in [-0.1, -0.05) is 87.5 Å². The van der Waals surface area contributed by atoms with Gasteiger partial charge in [-0.3, -0.25) is 9.69 Å². The van der Waals surface area contributed by atoms with Crippen LogP contribution in [0.3, 0.4) is 0 Å². The third kappa shape index (κ3) is 8.77. The first-order valence-electron chi connectivity index (χ1n) is 13.5. The van der Waals surface area contributed by atoms with Gasteiger partial charge in [-0.2, -0.15) is 0 Å². The molecule has 3 aromatic carbocycles. The molecule has 1 unspecified atom stereocenters. The highest BCUT2D eigenvalue weighted by Gasteiger charge is 2.24. The average molecular weight is 542 g/mol. The van der Waals surface area contributed by atoms with Crippen LogP contribution in [0, 0.1) is 5.41 Å². The van der Waals surface area contributed by atoms with Gasteiger partial charge in [-0.25, -0.2) is 4.98 Å². The van der Waals surface area contributed by atoms with Crippen molar-refractivity contribution in [2.45, 2.75) is 52.6 Å². The third-order valence-corrected chi connectivity index (χ3v) is 7.54. The molecule has 0 aliphatic heterocycles. The predicted octanol–water partition coefficient (Wildman–Crippen LogP) is 7.18. The van der Waals surface area contributed by atoms with Crippen molar-refractivity contribution in [3.05, 3.63) is 106 Å². The molecule has 0 aliphatic carbocycles. The Kier molecular flexibility index (Phi) is 9.54. The standard InChI is InChI=1S/C33H39N3O2S/c1-33(2,3)21-26-12-10-24(11-13-26)18-19-34-28-16-14-27(15-17-28)29-23-39-31(35-29)22-36(4)30(32(37)38)20-25-8-6-5-7-9-25/h5-17,23,30,34H,18-22H2,1-4H3,(H,37,38). The van der Waals surface area contributed by atoms with Crippen LogP contribution < -0.4 is 5.32 Å². The van der Waals surface area contributed by atoms with E-state index in [0.29, 0.717) is 18.4 Å². The molecule has 0 radical (unpaired) electrons. The SMILES string of the molecule is CN(Cc1nc(-c2ccc(NCCc3ccc(CC(C)(C)C)cc3)cc2)cs1)C(Cc1ccccc1)C(=O)O. The quantitative estimate of drug-likeness (QED) is 0.199. The summed E-state index contributed by atoms with van der Waals surface area (Å²) in [5.41, 5.74) is 7.10. The van der Waals surface area contributed by atoms with Gasteiger partial charge in [-0.05, 0) is 60.5 Å². The van der Waals surface area contributed by atoms with Gasteiger partial charge in [0.15, 0.2) is 0 Å². The second kappa shape index (κ2) is 13.0. The lowest BCUT2D eigenvalue weighted by atomic mass is 9.88. The van der Waals surface area contributed by atoms with Crippen LogP contribution in [0.15, 0.2) is 84.2 Å². The van der Waals surface area contributed by atoms with Crippen LogP contribution in [0.5, 0.6) is 0 Å². The summed E-state index contributed by atoms with van der Waals surface area (Å²) >= 11 is 1.57. The smallest absolute Gasteiger partial charge is 0.321 e. The van der Waals surface area contributed by atoms with Crippen molar-refractivity contribution in [1.29, 1.82) is 0 Å². The number of hydrogen-bond donors (Lipinski definition) is 2.